The fourth-order valence-corrected chi connectivity index (χ4v) is 2.56. The first-order chi connectivity index (χ1) is 13.5. The van der Waals surface area contributed by atoms with E-state index in [1.165, 1.54) is 7.11 Å². The molecule has 1 atom stereocenters. The summed E-state index contributed by atoms with van der Waals surface area (Å²) in [5.74, 6) is -0.350. The van der Waals surface area contributed by atoms with Crippen LogP contribution >= 0.6 is 0 Å². The number of nitrogens with one attached hydrogen (secondary N) is 1. The number of hydrazine groups is 1. The Balaban J connectivity index is 3.17. The van der Waals surface area contributed by atoms with Gasteiger partial charge in [0.15, 0.2) is 6.04 Å². The van der Waals surface area contributed by atoms with Crippen LogP contribution in [0.25, 0.3) is 0 Å². The summed E-state index contributed by atoms with van der Waals surface area (Å²) in [7, 11) is 2.80. The van der Waals surface area contributed by atoms with Crippen LogP contribution in [-0.2, 0) is 25.5 Å². The van der Waals surface area contributed by atoms with Crippen LogP contribution in [0, 0.1) is 5.92 Å². The summed E-state index contributed by atoms with van der Waals surface area (Å²) in [6.07, 6.45) is -0.527. The van der Waals surface area contributed by atoms with Crippen molar-refractivity contribution in [1.29, 1.82) is 0 Å². The topological polar surface area (TPSA) is 94.2 Å². The van der Waals surface area contributed by atoms with Gasteiger partial charge in [-0.15, -0.1) is 0 Å². The predicted octanol–water partition coefficient (Wildman–Crippen LogP) is 3.09. The van der Waals surface area contributed by atoms with Gasteiger partial charge in [0.05, 0.1) is 14.2 Å². The van der Waals surface area contributed by atoms with E-state index in [0.717, 1.165) is 10.6 Å². The largest absolute Gasteiger partial charge is 0.497 e. The zero-order valence-electron chi connectivity index (χ0n) is 18.3. The molecule has 0 bridgehead atoms. The zero-order valence-corrected chi connectivity index (χ0v) is 18.3. The monoisotopic (exact) mass is 408 g/mol. The SMILES string of the molecule is COC(=O)[C@H](Cc1ccc(OC)cc1)N(NC(=O)OC(C)(C)C)C(=O)CC(C)C. The number of nitrogens with zero attached hydrogens (tertiary/aromatic N) is 1. The van der Waals surface area contributed by atoms with Crippen LogP contribution in [-0.4, -0.2) is 48.8 Å². The Kier molecular flexibility index (Phi) is 8.94. The molecule has 0 aliphatic heterocycles. The van der Waals surface area contributed by atoms with Gasteiger partial charge in [0.25, 0.3) is 0 Å². The summed E-state index contributed by atoms with van der Waals surface area (Å²) in [6.45, 7) is 8.88. The Morgan fingerprint density at radius 3 is 2.10 bits per heavy atom. The van der Waals surface area contributed by atoms with Crippen LogP contribution < -0.4 is 10.2 Å². The van der Waals surface area contributed by atoms with E-state index in [1.807, 2.05) is 13.8 Å². The van der Waals surface area contributed by atoms with Gasteiger partial charge in [-0.05, 0) is 44.4 Å². The molecular formula is C21H32N2O6. The highest BCUT2D eigenvalue weighted by atomic mass is 16.6. The molecule has 2 amide bonds. The number of rotatable bonds is 7. The number of carbonyl (C=O) groups is 3. The molecule has 8 nitrogen and oxygen atoms in total. The molecule has 162 valence electrons. The van der Waals surface area contributed by atoms with E-state index >= 15 is 0 Å². The predicted molar refractivity (Wildman–Crippen MR) is 108 cm³/mol. The minimum atomic E-state index is -1.05. The number of hydrogen-bond donors (Lipinski definition) is 1. The van der Waals surface area contributed by atoms with Crippen molar-refractivity contribution >= 4 is 18.0 Å². The molecule has 0 aromatic heterocycles. The average molecular weight is 408 g/mol. The molecule has 1 rings (SSSR count). The molecule has 1 N–H and O–H groups in total. The van der Waals surface area contributed by atoms with Crippen LogP contribution in [0.4, 0.5) is 4.79 Å². The van der Waals surface area contributed by atoms with Gasteiger partial charge in [-0.1, -0.05) is 26.0 Å². The van der Waals surface area contributed by atoms with E-state index in [9.17, 15) is 14.4 Å². The van der Waals surface area contributed by atoms with Crippen LogP contribution in [0.3, 0.4) is 0 Å². The minimum Gasteiger partial charge on any atom is -0.497 e. The zero-order chi connectivity index (χ0) is 22.2. The molecule has 0 fully saturated rings. The Labute approximate surface area is 172 Å². The number of ether oxygens (including phenoxy) is 3. The van der Waals surface area contributed by atoms with Crippen molar-refractivity contribution in [3.05, 3.63) is 29.8 Å². The lowest BCUT2D eigenvalue weighted by molar-refractivity contribution is -0.155. The number of methoxy groups -OCH3 is 2. The van der Waals surface area contributed by atoms with Crippen molar-refractivity contribution in [1.82, 2.24) is 10.4 Å². The number of benzene rings is 1. The molecule has 29 heavy (non-hydrogen) atoms. The summed E-state index contributed by atoms with van der Waals surface area (Å²) in [6, 6.07) is 6.03. The summed E-state index contributed by atoms with van der Waals surface area (Å²) in [5, 5.41) is 1.02. The molecule has 0 aliphatic carbocycles. The third kappa shape index (κ3) is 8.41. The van der Waals surface area contributed by atoms with Crippen molar-refractivity contribution in [3.8, 4) is 5.75 Å². The van der Waals surface area contributed by atoms with Gasteiger partial charge in [-0.3, -0.25) is 4.79 Å². The highest BCUT2D eigenvalue weighted by Gasteiger charge is 2.34. The van der Waals surface area contributed by atoms with E-state index in [-0.39, 0.29) is 18.8 Å². The second kappa shape index (κ2) is 10.7. The van der Waals surface area contributed by atoms with Gasteiger partial charge in [-0.2, -0.15) is 0 Å². The van der Waals surface area contributed by atoms with E-state index in [1.54, 1.807) is 52.1 Å². The maximum atomic E-state index is 12.8. The summed E-state index contributed by atoms with van der Waals surface area (Å²) in [4.78, 5) is 37.7. The van der Waals surface area contributed by atoms with Crippen LogP contribution in [0.1, 0.15) is 46.6 Å². The molecule has 0 aliphatic rings. The van der Waals surface area contributed by atoms with E-state index < -0.39 is 29.6 Å². The third-order valence-corrected chi connectivity index (χ3v) is 3.84. The average Bonchev–Trinajstić information content (AvgIpc) is 2.62. The fourth-order valence-electron chi connectivity index (χ4n) is 2.56. The summed E-state index contributed by atoms with van der Waals surface area (Å²) >= 11 is 0. The number of carbonyl (C=O) groups excluding carboxylic acids is 3. The number of hydrogen-bond acceptors (Lipinski definition) is 6. The lowest BCUT2D eigenvalue weighted by Gasteiger charge is -2.31. The molecule has 0 radical (unpaired) electrons. The Hall–Kier alpha value is -2.77. The first-order valence-electron chi connectivity index (χ1n) is 9.49. The van der Waals surface area contributed by atoms with Crippen LogP contribution in [0.15, 0.2) is 24.3 Å². The summed E-state index contributed by atoms with van der Waals surface area (Å²) in [5.41, 5.74) is 2.45. The van der Waals surface area contributed by atoms with E-state index in [4.69, 9.17) is 14.2 Å². The second-order valence-corrected chi connectivity index (χ2v) is 8.07. The first-order valence-corrected chi connectivity index (χ1v) is 9.49. The van der Waals surface area contributed by atoms with Gasteiger partial charge in [0.1, 0.15) is 11.4 Å². The van der Waals surface area contributed by atoms with Gasteiger partial charge in [0, 0.05) is 12.8 Å². The molecule has 0 heterocycles. The van der Waals surface area contributed by atoms with Crippen LogP contribution in [0.5, 0.6) is 5.75 Å². The highest BCUT2D eigenvalue weighted by Crippen LogP contribution is 2.17. The Morgan fingerprint density at radius 2 is 1.66 bits per heavy atom. The van der Waals surface area contributed by atoms with Crippen LogP contribution in [0.2, 0.25) is 0 Å². The molecule has 1 aromatic rings. The van der Waals surface area contributed by atoms with E-state index in [0.29, 0.717) is 5.75 Å². The van der Waals surface area contributed by atoms with Gasteiger partial charge in [-0.25, -0.2) is 20.0 Å². The number of esters is 1. The van der Waals surface area contributed by atoms with Crippen molar-refractivity contribution in [2.75, 3.05) is 14.2 Å². The molecule has 1 aromatic carbocycles. The standard InChI is InChI=1S/C21H32N2O6/c1-14(2)12-18(24)23(22-20(26)29-21(3,4)5)17(19(25)28-7)13-15-8-10-16(27-6)11-9-15/h8-11,14,17H,12-13H2,1-7H3,(H,22,26)/t17-/m0/s1. The molecule has 0 saturated carbocycles. The molecular weight excluding hydrogens is 376 g/mol. The summed E-state index contributed by atoms with van der Waals surface area (Å²) < 4.78 is 15.3. The number of amides is 2. The van der Waals surface area contributed by atoms with E-state index in [2.05, 4.69) is 5.43 Å². The fraction of sp³-hybridized carbons (Fsp3) is 0.571. The minimum absolute atomic E-state index is 0.0321. The lowest BCUT2D eigenvalue weighted by Crippen LogP contribution is -2.57. The normalized spacial score (nSPS) is 12.1. The second-order valence-electron chi connectivity index (χ2n) is 8.07. The van der Waals surface area contributed by atoms with Crippen molar-refractivity contribution in [2.45, 2.75) is 59.1 Å². The molecule has 0 spiro atoms. The Morgan fingerprint density at radius 1 is 1.07 bits per heavy atom. The lowest BCUT2D eigenvalue weighted by atomic mass is 10.0. The Bertz CT molecular complexity index is 694. The van der Waals surface area contributed by atoms with Crippen molar-refractivity contribution in [2.24, 2.45) is 5.92 Å². The quantitative estimate of drug-likeness (QED) is 0.550. The van der Waals surface area contributed by atoms with Crippen molar-refractivity contribution in [3.63, 3.8) is 0 Å². The molecule has 0 saturated heterocycles. The smallest absolute Gasteiger partial charge is 0.426 e. The van der Waals surface area contributed by atoms with Crippen molar-refractivity contribution < 1.29 is 28.6 Å². The van der Waals surface area contributed by atoms with Gasteiger partial charge in [0.2, 0.25) is 5.91 Å². The maximum Gasteiger partial charge on any atom is 0.426 e. The highest BCUT2D eigenvalue weighted by molar-refractivity contribution is 5.86. The molecule has 8 heteroatoms. The maximum absolute atomic E-state index is 12.8. The first kappa shape index (κ1) is 24.3. The van der Waals surface area contributed by atoms with Gasteiger partial charge < -0.3 is 14.2 Å². The third-order valence-electron chi connectivity index (χ3n) is 3.84. The van der Waals surface area contributed by atoms with Gasteiger partial charge >= 0.3 is 12.1 Å². The molecule has 0 unspecified atom stereocenters.